The molecule has 12 nitrogen and oxygen atoms in total. The smallest absolute Gasteiger partial charge is 0.306 e. The van der Waals surface area contributed by atoms with Crippen molar-refractivity contribution in [1.82, 2.24) is 0 Å². The molecule has 0 aliphatic carbocycles. The van der Waals surface area contributed by atoms with Gasteiger partial charge in [-0.2, -0.15) is 8.42 Å². The molecule has 6 atom stereocenters. The molecule has 0 aromatic heterocycles. The van der Waals surface area contributed by atoms with Gasteiger partial charge in [0.05, 0.1) is 6.61 Å². The Labute approximate surface area is 401 Å². The fraction of sp³-hybridized carbons (Fsp3) is 0.811. The lowest BCUT2D eigenvalue weighted by Crippen LogP contribution is -2.60. The molecular formula is C53H94O12S. The molecular weight excluding hydrogens is 861 g/mol. The van der Waals surface area contributed by atoms with Crippen LogP contribution in [0.4, 0.5) is 0 Å². The molecule has 0 aromatic rings. The van der Waals surface area contributed by atoms with E-state index in [1.54, 1.807) is 0 Å². The van der Waals surface area contributed by atoms with Gasteiger partial charge < -0.3 is 34.3 Å². The summed E-state index contributed by atoms with van der Waals surface area (Å²) in [6.45, 7) is 3.63. The number of esters is 2. The van der Waals surface area contributed by atoms with E-state index in [1.807, 2.05) is 36.5 Å². The van der Waals surface area contributed by atoms with Crippen LogP contribution in [0.5, 0.6) is 0 Å². The normalized spacial score (nSPS) is 19.8. The van der Waals surface area contributed by atoms with Gasteiger partial charge in [0.2, 0.25) is 0 Å². The molecule has 1 rings (SSSR count). The minimum atomic E-state index is -4.61. The van der Waals surface area contributed by atoms with Crippen molar-refractivity contribution in [2.24, 2.45) is 0 Å². The molecule has 0 spiro atoms. The van der Waals surface area contributed by atoms with Crippen molar-refractivity contribution < 1.29 is 56.8 Å². The summed E-state index contributed by atoms with van der Waals surface area (Å²) in [7, 11) is -4.61. The number of unbranched alkanes of at least 4 members (excludes halogenated alkanes) is 27. The van der Waals surface area contributed by atoms with Crippen molar-refractivity contribution >= 4 is 22.1 Å². The van der Waals surface area contributed by atoms with Crippen LogP contribution in [0.1, 0.15) is 219 Å². The fourth-order valence-corrected chi connectivity index (χ4v) is 8.67. The highest BCUT2D eigenvalue weighted by Crippen LogP contribution is 2.24. The van der Waals surface area contributed by atoms with Crippen LogP contribution in [0.3, 0.4) is 0 Å². The highest BCUT2D eigenvalue weighted by molar-refractivity contribution is 7.85. The van der Waals surface area contributed by atoms with Crippen LogP contribution >= 0.6 is 0 Å². The van der Waals surface area contributed by atoms with E-state index in [4.69, 9.17) is 18.9 Å². The molecule has 13 heteroatoms. The van der Waals surface area contributed by atoms with Crippen LogP contribution in [-0.2, 0) is 38.7 Å². The number of hydrogen-bond donors (Lipinski definition) is 4. The Kier molecular flexibility index (Phi) is 39.9. The molecule has 1 aliphatic rings. The minimum absolute atomic E-state index is 0.161. The number of aliphatic hydroxyl groups is 3. The monoisotopic (exact) mass is 955 g/mol. The Hall–Kier alpha value is -2.39. The zero-order chi connectivity index (χ0) is 48.4. The first-order valence-corrected chi connectivity index (χ1v) is 27.9. The maximum atomic E-state index is 12.9. The first-order chi connectivity index (χ1) is 32.0. The summed E-state index contributed by atoms with van der Waals surface area (Å²) in [5.74, 6) is -2.01. The van der Waals surface area contributed by atoms with Gasteiger partial charge >= 0.3 is 11.9 Å². The van der Waals surface area contributed by atoms with Gasteiger partial charge in [0.25, 0.3) is 10.1 Å². The summed E-state index contributed by atoms with van der Waals surface area (Å²) in [6.07, 6.45) is 43.0. The van der Waals surface area contributed by atoms with Crippen molar-refractivity contribution in [3.63, 3.8) is 0 Å². The maximum absolute atomic E-state index is 12.9. The molecule has 0 bridgehead atoms. The zero-order valence-corrected chi connectivity index (χ0v) is 42.1. The molecule has 0 aromatic carbocycles. The van der Waals surface area contributed by atoms with E-state index in [1.165, 1.54) is 122 Å². The van der Waals surface area contributed by atoms with Crippen molar-refractivity contribution in [3.8, 4) is 0 Å². The second-order valence-electron chi connectivity index (χ2n) is 18.3. The summed E-state index contributed by atoms with van der Waals surface area (Å²) in [4.78, 5) is 25.5. The predicted molar refractivity (Wildman–Crippen MR) is 266 cm³/mol. The third kappa shape index (κ3) is 36.6. The third-order valence-electron chi connectivity index (χ3n) is 12.0. The lowest BCUT2D eigenvalue weighted by Gasteiger charge is -2.40. The van der Waals surface area contributed by atoms with E-state index < -0.39 is 71.2 Å². The van der Waals surface area contributed by atoms with Gasteiger partial charge in [0.15, 0.2) is 12.4 Å². The molecule has 1 fully saturated rings. The number of carbonyl (C=O) groups is 2. The molecule has 0 amide bonds. The maximum Gasteiger partial charge on any atom is 0.306 e. The largest absolute Gasteiger partial charge is 0.462 e. The number of ether oxygens (including phenoxy) is 4. The Morgan fingerprint density at radius 1 is 0.530 bits per heavy atom. The van der Waals surface area contributed by atoms with Gasteiger partial charge in [-0.25, -0.2) is 0 Å². The molecule has 1 aliphatic heterocycles. The van der Waals surface area contributed by atoms with Gasteiger partial charge in [0, 0.05) is 12.8 Å². The number of rotatable bonds is 44. The Balaban J connectivity index is 2.34. The topological polar surface area (TPSA) is 186 Å². The van der Waals surface area contributed by atoms with Gasteiger partial charge in [-0.3, -0.25) is 14.1 Å². The highest BCUT2D eigenvalue weighted by atomic mass is 32.2. The van der Waals surface area contributed by atoms with Crippen molar-refractivity contribution in [2.45, 2.75) is 256 Å². The molecule has 1 heterocycles. The van der Waals surface area contributed by atoms with Crippen molar-refractivity contribution in [3.05, 3.63) is 48.6 Å². The number of allylic oxidation sites excluding steroid dienone is 8. The van der Waals surface area contributed by atoms with Gasteiger partial charge in [-0.15, -0.1) is 0 Å². The van der Waals surface area contributed by atoms with Crippen LogP contribution in [0.25, 0.3) is 0 Å². The lowest BCUT2D eigenvalue weighted by molar-refractivity contribution is -0.297. The number of hydrogen-bond acceptors (Lipinski definition) is 11. The molecule has 4 N–H and O–H groups in total. The fourth-order valence-electron chi connectivity index (χ4n) is 7.98. The average Bonchev–Trinajstić information content (AvgIpc) is 3.28. The van der Waals surface area contributed by atoms with Crippen LogP contribution < -0.4 is 0 Å². The van der Waals surface area contributed by atoms with Crippen molar-refractivity contribution in [2.75, 3.05) is 19.0 Å². The standard InChI is InChI=1S/C53H94O12S/c1-3-5-7-9-11-13-15-17-19-20-21-22-23-24-25-26-28-30-32-34-36-38-40-42-49(55)64-46(44-63-53-52(58)51(57)50(56)47(65-53)45-66(59,60)61)43-62-48(54)41-39-37-35-33-31-29-27-18-16-14-12-10-8-6-4-2/h6,8,10,12,14,16,18,27,46-47,50-53,56-58H,3-5,7,9,11,13,15,17,19-26,28-45H2,1-2H3,(H,59,60,61)/b8-6+,12-10+,16-14+,27-18+/t46-,47-,50-,51?,52?,53+/m1/s1. The summed E-state index contributed by atoms with van der Waals surface area (Å²) >= 11 is 0. The van der Waals surface area contributed by atoms with Gasteiger partial charge in [0.1, 0.15) is 36.8 Å². The summed E-state index contributed by atoms with van der Waals surface area (Å²) in [5, 5.41) is 31.0. The van der Waals surface area contributed by atoms with Gasteiger partial charge in [-0.1, -0.05) is 223 Å². The molecule has 2 unspecified atom stereocenters. The van der Waals surface area contributed by atoms with Crippen LogP contribution in [0.15, 0.2) is 48.6 Å². The third-order valence-corrected chi connectivity index (χ3v) is 12.8. The van der Waals surface area contributed by atoms with Gasteiger partial charge in [-0.05, 0) is 32.1 Å². The van der Waals surface area contributed by atoms with Crippen LogP contribution in [0.2, 0.25) is 0 Å². The zero-order valence-electron chi connectivity index (χ0n) is 41.3. The Morgan fingerprint density at radius 2 is 0.955 bits per heavy atom. The quantitative estimate of drug-likeness (QED) is 0.0196. The van der Waals surface area contributed by atoms with Crippen molar-refractivity contribution in [1.29, 1.82) is 0 Å². The lowest BCUT2D eigenvalue weighted by atomic mass is 10.00. The first kappa shape index (κ1) is 61.6. The average molecular weight is 955 g/mol. The molecule has 384 valence electrons. The Bertz CT molecular complexity index is 1400. The first-order valence-electron chi connectivity index (χ1n) is 26.2. The van der Waals surface area contributed by atoms with E-state index in [2.05, 4.69) is 26.0 Å². The van der Waals surface area contributed by atoms with Crippen LogP contribution in [-0.4, -0.2) is 96.0 Å². The Morgan fingerprint density at radius 3 is 1.42 bits per heavy atom. The molecule has 0 saturated carbocycles. The highest BCUT2D eigenvalue weighted by Gasteiger charge is 2.46. The van der Waals surface area contributed by atoms with Crippen LogP contribution in [0, 0.1) is 0 Å². The molecule has 66 heavy (non-hydrogen) atoms. The SMILES string of the molecule is CC/C=C/C=C/C=C/C=C/CCCCCCCC(=O)OC[C@H](CO[C@H]1O[C@H](CS(=O)(=O)O)[C@@H](O)C(O)C1O)OC(=O)CCCCCCCCCCCCCCCCCCCCCCCCC. The predicted octanol–water partition coefficient (Wildman–Crippen LogP) is 11.9. The molecule has 0 radical (unpaired) electrons. The second kappa shape index (κ2) is 42.7. The van der Waals surface area contributed by atoms with E-state index in [-0.39, 0.29) is 19.4 Å². The van der Waals surface area contributed by atoms with E-state index in [0.29, 0.717) is 12.8 Å². The van der Waals surface area contributed by atoms with E-state index in [0.717, 1.165) is 57.8 Å². The van der Waals surface area contributed by atoms with E-state index in [9.17, 15) is 37.9 Å². The minimum Gasteiger partial charge on any atom is -0.462 e. The molecule has 1 saturated heterocycles. The summed E-state index contributed by atoms with van der Waals surface area (Å²) < 4.78 is 54.2. The summed E-state index contributed by atoms with van der Waals surface area (Å²) in [6, 6.07) is 0. The second-order valence-corrected chi connectivity index (χ2v) is 19.8. The van der Waals surface area contributed by atoms with E-state index >= 15 is 0 Å². The number of carbonyl (C=O) groups excluding carboxylic acids is 2. The summed E-state index contributed by atoms with van der Waals surface area (Å²) in [5.41, 5.74) is 0. The number of aliphatic hydroxyl groups excluding tert-OH is 3.